The van der Waals surface area contributed by atoms with Gasteiger partial charge in [-0.1, -0.05) is 0 Å². The Bertz CT molecular complexity index is 758. The van der Waals surface area contributed by atoms with Gasteiger partial charge in [0.05, 0.1) is 5.75 Å². The SMILES string of the molecule is NC(=O)c1ccc(OCC(=O)N2CCS(=O)(=O)C(C(=O)O)C2)cc1. The fraction of sp³-hybridized carbons (Fsp3) is 0.357. The maximum absolute atomic E-state index is 12.1. The van der Waals surface area contributed by atoms with Gasteiger partial charge in [-0.25, -0.2) is 8.42 Å². The van der Waals surface area contributed by atoms with E-state index in [1.54, 1.807) is 0 Å². The zero-order valence-electron chi connectivity index (χ0n) is 12.5. The van der Waals surface area contributed by atoms with Crippen molar-refractivity contribution in [2.24, 2.45) is 5.73 Å². The van der Waals surface area contributed by atoms with Crippen LogP contribution in [0.5, 0.6) is 5.75 Å². The van der Waals surface area contributed by atoms with Gasteiger partial charge in [-0.15, -0.1) is 0 Å². The number of aliphatic carboxylic acids is 1. The van der Waals surface area contributed by atoms with Crippen LogP contribution in [0.2, 0.25) is 0 Å². The molecule has 24 heavy (non-hydrogen) atoms. The second-order valence-electron chi connectivity index (χ2n) is 5.21. The lowest BCUT2D eigenvalue weighted by Crippen LogP contribution is -2.53. The van der Waals surface area contributed by atoms with Crippen molar-refractivity contribution < 1.29 is 32.6 Å². The van der Waals surface area contributed by atoms with Crippen LogP contribution in [0.25, 0.3) is 0 Å². The number of primary amides is 1. The molecule has 2 amide bonds. The van der Waals surface area contributed by atoms with E-state index in [-0.39, 0.29) is 13.2 Å². The van der Waals surface area contributed by atoms with E-state index < -0.39 is 45.2 Å². The summed E-state index contributed by atoms with van der Waals surface area (Å²) in [5.41, 5.74) is 5.40. The number of nitrogens with two attached hydrogens (primary N) is 1. The Labute approximate surface area is 137 Å². The summed E-state index contributed by atoms with van der Waals surface area (Å²) in [5, 5.41) is 7.35. The van der Waals surface area contributed by atoms with Crippen molar-refractivity contribution in [2.75, 3.05) is 25.4 Å². The Morgan fingerprint density at radius 1 is 1.25 bits per heavy atom. The number of sulfone groups is 1. The average Bonchev–Trinajstić information content (AvgIpc) is 2.52. The monoisotopic (exact) mass is 356 g/mol. The molecule has 1 aliphatic heterocycles. The zero-order valence-corrected chi connectivity index (χ0v) is 13.4. The van der Waals surface area contributed by atoms with E-state index in [1.807, 2.05) is 0 Å². The van der Waals surface area contributed by atoms with Crippen molar-refractivity contribution in [3.05, 3.63) is 29.8 Å². The third kappa shape index (κ3) is 4.02. The van der Waals surface area contributed by atoms with Gasteiger partial charge in [-0.2, -0.15) is 0 Å². The Morgan fingerprint density at radius 2 is 1.88 bits per heavy atom. The molecule has 1 aromatic rings. The maximum atomic E-state index is 12.1. The highest BCUT2D eigenvalue weighted by molar-refractivity contribution is 7.92. The molecule has 0 aromatic heterocycles. The molecule has 9 nitrogen and oxygen atoms in total. The van der Waals surface area contributed by atoms with E-state index in [0.717, 1.165) is 4.90 Å². The summed E-state index contributed by atoms with van der Waals surface area (Å²) in [6, 6.07) is 5.81. The molecule has 0 bridgehead atoms. The molecule has 0 saturated carbocycles. The zero-order chi connectivity index (χ0) is 17.9. The first-order valence-electron chi connectivity index (χ1n) is 6.95. The van der Waals surface area contributed by atoms with Crippen LogP contribution in [0.1, 0.15) is 10.4 Å². The highest BCUT2D eigenvalue weighted by atomic mass is 32.2. The number of carbonyl (C=O) groups is 3. The third-order valence-electron chi connectivity index (χ3n) is 3.59. The van der Waals surface area contributed by atoms with Crippen LogP contribution in [-0.4, -0.2) is 66.9 Å². The van der Waals surface area contributed by atoms with Crippen LogP contribution in [-0.2, 0) is 19.4 Å². The van der Waals surface area contributed by atoms with Crippen molar-refractivity contribution in [2.45, 2.75) is 5.25 Å². The van der Waals surface area contributed by atoms with Gasteiger partial charge in [-0.3, -0.25) is 14.4 Å². The standard InChI is InChI=1S/C14H16N2O7S/c15-13(18)9-1-3-10(4-2-9)23-8-12(17)16-5-6-24(21,22)11(7-16)14(19)20/h1-4,11H,5-8H2,(H2,15,18)(H,19,20). The van der Waals surface area contributed by atoms with Crippen molar-refractivity contribution in [3.63, 3.8) is 0 Å². The van der Waals surface area contributed by atoms with Crippen LogP contribution >= 0.6 is 0 Å². The van der Waals surface area contributed by atoms with Crippen LogP contribution < -0.4 is 10.5 Å². The predicted molar refractivity (Wildman–Crippen MR) is 82.2 cm³/mol. The number of nitrogens with zero attached hydrogens (tertiary/aromatic N) is 1. The lowest BCUT2D eigenvalue weighted by Gasteiger charge is -2.30. The largest absolute Gasteiger partial charge is 0.484 e. The summed E-state index contributed by atoms with van der Waals surface area (Å²) in [5.74, 6) is -2.66. The number of rotatable bonds is 5. The molecule has 0 radical (unpaired) electrons. The normalized spacial score (nSPS) is 19.5. The number of benzene rings is 1. The number of carboxylic acids is 1. The highest BCUT2D eigenvalue weighted by Gasteiger charge is 2.39. The molecule has 130 valence electrons. The average molecular weight is 356 g/mol. The summed E-state index contributed by atoms with van der Waals surface area (Å²) in [6.07, 6.45) is 0. The quantitative estimate of drug-likeness (QED) is 0.679. The molecule has 1 fully saturated rings. The van der Waals surface area contributed by atoms with Gasteiger partial charge in [0.15, 0.2) is 21.7 Å². The lowest BCUT2D eigenvalue weighted by molar-refractivity contribution is -0.138. The number of amides is 2. The molecule has 2 rings (SSSR count). The minimum Gasteiger partial charge on any atom is -0.484 e. The smallest absolute Gasteiger partial charge is 0.323 e. The molecule has 10 heteroatoms. The van der Waals surface area contributed by atoms with Gasteiger partial charge in [0, 0.05) is 18.7 Å². The molecule has 0 aliphatic carbocycles. The summed E-state index contributed by atoms with van der Waals surface area (Å²) in [7, 11) is -3.75. The van der Waals surface area contributed by atoms with E-state index in [1.165, 1.54) is 24.3 Å². The topological polar surface area (TPSA) is 144 Å². The van der Waals surface area contributed by atoms with Gasteiger partial charge in [0.25, 0.3) is 5.91 Å². The van der Waals surface area contributed by atoms with Crippen LogP contribution in [0.15, 0.2) is 24.3 Å². The molecule has 1 aliphatic rings. The van der Waals surface area contributed by atoms with E-state index in [9.17, 15) is 22.8 Å². The Morgan fingerprint density at radius 3 is 2.42 bits per heavy atom. The number of hydrogen-bond acceptors (Lipinski definition) is 6. The second kappa shape index (κ2) is 6.87. The molecular formula is C14H16N2O7S. The van der Waals surface area contributed by atoms with Crippen molar-refractivity contribution in [1.82, 2.24) is 4.90 Å². The van der Waals surface area contributed by atoms with Gasteiger partial charge < -0.3 is 20.5 Å². The van der Waals surface area contributed by atoms with Crippen LogP contribution in [0.4, 0.5) is 0 Å². The molecule has 1 saturated heterocycles. The summed E-state index contributed by atoms with van der Waals surface area (Å²) in [6.45, 7) is -0.850. The third-order valence-corrected chi connectivity index (χ3v) is 5.56. The molecule has 1 unspecified atom stereocenters. The van der Waals surface area contributed by atoms with E-state index >= 15 is 0 Å². The Kier molecular flexibility index (Phi) is 5.07. The minimum absolute atomic E-state index is 0.0745. The van der Waals surface area contributed by atoms with Crippen molar-refractivity contribution in [3.8, 4) is 5.75 Å². The van der Waals surface area contributed by atoms with Gasteiger partial charge in [0.1, 0.15) is 5.75 Å². The van der Waals surface area contributed by atoms with Crippen LogP contribution in [0, 0.1) is 0 Å². The molecule has 0 spiro atoms. The molecule has 1 heterocycles. The molecule has 1 aromatic carbocycles. The minimum atomic E-state index is -3.75. The number of carboxylic acid groups (broad SMARTS) is 1. The van der Waals surface area contributed by atoms with Crippen molar-refractivity contribution >= 4 is 27.6 Å². The van der Waals surface area contributed by atoms with E-state index in [0.29, 0.717) is 11.3 Å². The second-order valence-corrected chi connectivity index (χ2v) is 7.51. The number of carbonyl (C=O) groups excluding carboxylic acids is 2. The van der Waals surface area contributed by atoms with E-state index in [2.05, 4.69) is 0 Å². The van der Waals surface area contributed by atoms with E-state index in [4.69, 9.17) is 15.6 Å². The Balaban J connectivity index is 1.95. The first kappa shape index (κ1) is 17.7. The molecular weight excluding hydrogens is 340 g/mol. The first-order valence-corrected chi connectivity index (χ1v) is 8.67. The van der Waals surface area contributed by atoms with Gasteiger partial charge >= 0.3 is 5.97 Å². The fourth-order valence-electron chi connectivity index (χ4n) is 2.19. The number of ether oxygens (including phenoxy) is 1. The number of hydrogen-bond donors (Lipinski definition) is 2. The fourth-order valence-corrected chi connectivity index (χ4v) is 3.67. The van der Waals surface area contributed by atoms with Gasteiger partial charge in [0.2, 0.25) is 5.91 Å². The predicted octanol–water partition coefficient (Wildman–Crippen LogP) is -1.13. The molecule has 1 atom stereocenters. The van der Waals surface area contributed by atoms with Gasteiger partial charge in [-0.05, 0) is 24.3 Å². The lowest BCUT2D eigenvalue weighted by atomic mass is 10.2. The summed E-state index contributed by atoms with van der Waals surface area (Å²) >= 11 is 0. The Hall–Kier alpha value is -2.62. The van der Waals surface area contributed by atoms with Crippen molar-refractivity contribution in [1.29, 1.82) is 0 Å². The van der Waals surface area contributed by atoms with Crippen LogP contribution in [0.3, 0.4) is 0 Å². The summed E-state index contributed by atoms with van der Waals surface area (Å²) < 4.78 is 28.6. The highest BCUT2D eigenvalue weighted by Crippen LogP contribution is 2.15. The maximum Gasteiger partial charge on any atom is 0.323 e. The summed E-state index contributed by atoms with van der Waals surface area (Å²) in [4.78, 5) is 35.2. The first-order chi connectivity index (χ1) is 11.2. The molecule has 3 N–H and O–H groups in total.